The van der Waals surface area contributed by atoms with Gasteiger partial charge in [0.15, 0.2) is 0 Å². The minimum Gasteiger partial charge on any atom is -0.383 e. The Kier molecular flexibility index (Phi) is 6.61. The molecule has 10 heteroatoms. The van der Waals surface area contributed by atoms with E-state index >= 15 is 0 Å². The molecule has 0 radical (unpaired) electrons. The summed E-state index contributed by atoms with van der Waals surface area (Å²) in [6, 6.07) is 6.92. The summed E-state index contributed by atoms with van der Waals surface area (Å²) in [7, 11) is 0. The third kappa shape index (κ3) is 4.78. The maximum Gasteiger partial charge on any atom is 0.256 e. The number of likely N-dealkylation sites (tertiary alicyclic amines) is 1. The average Bonchev–Trinajstić information content (AvgIpc) is 3.26. The van der Waals surface area contributed by atoms with Crippen LogP contribution in [0.25, 0.3) is 0 Å². The van der Waals surface area contributed by atoms with Gasteiger partial charge in [-0.2, -0.15) is 0 Å². The van der Waals surface area contributed by atoms with Gasteiger partial charge in [-0.15, -0.1) is 0 Å². The van der Waals surface area contributed by atoms with Crippen LogP contribution in [0.4, 0.5) is 5.69 Å². The average molecular weight is 519 g/mol. The van der Waals surface area contributed by atoms with Crippen LogP contribution in [0.3, 0.4) is 0 Å². The van der Waals surface area contributed by atoms with Gasteiger partial charge in [-0.25, -0.2) is 0 Å². The van der Waals surface area contributed by atoms with E-state index in [0.717, 1.165) is 45.6 Å². The Labute approximate surface area is 222 Å². The van der Waals surface area contributed by atoms with Crippen molar-refractivity contribution in [3.8, 4) is 0 Å². The van der Waals surface area contributed by atoms with Gasteiger partial charge in [-0.3, -0.25) is 29.7 Å². The Hall–Kier alpha value is -3.37. The second-order valence-electron chi connectivity index (χ2n) is 11.1. The number of hydrogen-bond acceptors (Lipinski definition) is 8. The lowest BCUT2D eigenvalue weighted by Crippen LogP contribution is -2.52. The van der Waals surface area contributed by atoms with Crippen LogP contribution in [0, 0.1) is 5.92 Å². The van der Waals surface area contributed by atoms with Crippen molar-refractivity contribution < 1.29 is 19.5 Å². The standard InChI is InChI=1S/C28H34N6O4/c35-25-6-4-23(26(36)31-25)34-18-22-21(27(34)37)3-5-24(30-22)28(38)9-14-32(15-10-28)17-19-7-12-33(13-8-19)20-2-1-11-29-16-20/h1-3,5,11,16,19,23,38H,4,6-10,12-15,17-18H2,(H,31,35,36). The highest BCUT2D eigenvalue weighted by molar-refractivity contribution is 6.05. The number of carbonyl (C=O) groups excluding carboxylic acids is 3. The van der Waals surface area contributed by atoms with E-state index in [1.807, 2.05) is 18.5 Å². The molecule has 38 heavy (non-hydrogen) atoms. The molecule has 2 aromatic rings. The van der Waals surface area contributed by atoms with Crippen LogP contribution in [0.2, 0.25) is 0 Å². The molecule has 1 atom stereocenters. The van der Waals surface area contributed by atoms with Gasteiger partial charge in [0.2, 0.25) is 11.8 Å². The van der Waals surface area contributed by atoms with E-state index in [0.29, 0.717) is 42.1 Å². The van der Waals surface area contributed by atoms with Crippen LogP contribution >= 0.6 is 0 Å². The number of pyridine rings is 2. The van der Waals surface area contributed by atoms with Gasteiger partial charge < -0.3 is 19.8 Å². The normalized spacial score (nSPS) is 24.4. The Morgan fingerprint density at radius 1 is 1.03 bits per heavy atom. The summed E-state index contributed by atoms with van der Waals surface area (Å²) < 4.78 is 0. The number of piperidine rings is 3. The molecule has 0 bridgehead atoms. The van der Waals surface area contributed by atoms with Crippen LogP contribution < -0.4 is 10.2 Å². The van der Waals surface area contributed by atoms with E-state index in [9.17, 15) is 19.5 Å². The quantitative estimate of drug-likeness (QED) is 0.571. The number of amides is 3. The summed E-state index contributed by atoms with van der Waals surface area (Å²) in [5, 5.41) is 13.8. The highest BCUT2D eigenvalue weighted by Crippen LogP contribution is 2.35. The molecule has 2 N–H and O–H groups in total. The first kappa shape index (κ1) is 24.9. The van der Waals surface area contributed by atoms with Gasteiger partial charge in [0.05, 0.1) is 35.4 Å². The van der Waals surface area contributed by atoms with Crippen LogP contribution in [0.1, 0.15) is 60.3 Å². The van der Waals surface area contributed by atoms with Gasteiger partial charge in [0.25, 0.3) is 5.91 Å². The van der Waals surface area contributed by atoms with E-state index in [4.69, 9.17) is 4.98 Å². The minimum atomic E-state index is -1.03. The molecule has 2 aromatic heterocycles. The van der Waals surface area contributed by atoms with Crippen LogP contribution in [0.5, 0.6) is 0 Å². The third-order valence-corrected chi connectivity index (χ3v) is 8.67. The summed E-state index contributed by atoms with van der Waals surface area (Å²) in [4.78, 5) is 52.1. The molecular weight excluding hydrogens is 484 g/mol. The molecule has 0 saturated carbocycles. The van der Waals surface area contributed by atoms with E-state index in [2.05, 4.69) is 26.2 Å². The zero-order valence-electron chi connectivity index (χ0n) is 21.5. The molecule has 0 aromatic carbocycles. The predicted molar refractivity (Wildman–Crippen MR) is 139 cm³/mol. The predicted octanol–water partition coefficient (Wildman–Crippen LogP) is 1.44. The van der Waals surface area contributed by atoms with E-state index < -0.39 is 17.6 Å². The van der Waals surface area contributed by atoms with E-state index in [-0.39, 0.29) is 24.8 Å². The first-order valence-corrected chi connectivity index (χ1v) is 13.6. The molecule has 200 valence electrons. The zero-order chi connectivity index (χ0) is 26.3. The van der Waals surface area contributed by atoms with E-state index in [1.165, 1.54) is 10.6 Å². The van der Waals surface area contributed by atoms with Crippen molar-refractivity contribution in [2.24, 2.45) is 5.92 Å². The summed E-state index contributed by atoms with van der Waals surface area (Å²) in [6.07, 6.45) is 7.77. The Morgan fingerprint density at radius 2 is 1.82 bits per heavy atom. The molecular formula is C28H34N6O4. The molecule has 0 aliphatic carbocycles. The summed E-state index contributed by atoms with van der Waals surface area (Å²) in [6.45, 7) is 4.96. The highest BCUT2D eigenvalue weighted by Gasteiger charge is 2.42. The smallest absolute Gasteiger partial charge is 0.256 e. The van der Waals surface area contributed by atoms with Crippen molar-refractivity contribution in [3.05, 3.63) is 53.6 Å². The second kappa shape index (κ2) is 10.1. The van der Waals surface area contributed by atoms with Crippen LogP contribution in [-0.4, -0.2) is 81.4 Å². The number of aliphatic hydroxyl groups is 1. The maximum atomic E-state index is 13.0. The Morgan fingerprint density at radius 3 is 2.53 bits per heavy atom. The number of rotatable bonds is 5. The van der Waals surface area contributed by atoms with Gasteiger partial charge in [0.1, 0.15) is 11.6 Å². The van der Waals surface area contributed by atoms with Gasteiger partial charge >= 0.3 is 0 Å². The lowest BCUT2D eigenvalue weighted by Gasteiger charge is -2.41. The molecule has 4 aliphatic heterocycles. The fraction of sp³-hybridized carbons (Fsp3) is 0.536. The number of carbonyl (C=O) groups is 3. The summed E-state index contributed by atoms with van der Waals surface area (Å²) in [5.41, 5.74) is 1.82. The zero-order valence-corrected chi connectivity index (χ0v) is 21.5. The molecule has 4 aliphatic rings. The topological polar surface area (TPSA) is 119 Å². The fourth-order valence-electron chi connectivity index (χ4n) is 6.34. The molecule has 10 nitrogen and oxygen atoms in total. The van der Waals surface area contributed by atoms with Gasteiger partial charge in [-0.05, 0) is 62.3 Å². The molecule has 6 heterocycles. The number of hydrogen-bond donors (Lipinski definition) is 2. The number of imide groups is 1. The molecule has 3 saturated heterocycles. The number of anilines is 1. The monoisotopic (exact) mass is 518 g/mol. The lowest BCUT2D eigenvalue weighted by molar-refractivity contribution is -0.136. The third-order valence-electron chi connectivity index (χ3n) is 8.67. The number of nitrogens with one attached hydrogen (secondary N) is 1. The molecule has 6 rings (SSSR count). The number of nitrogens with zero attached hydrogens (tertiary/aromatic N) is 5. The highest BCUT2D eigenvalue weighted by atomic mass is 16.3. The fourth-order valence-corrected chi connectivity index (χ4v) is 6.34. The van der Waals surface area contributed by atoms with Crippen molar-refractivity contribution in [3.63, 3.8) is 0 Å². The largest absolute Gasteiger partial charge is 0.383 e. The molecule has 0 spiro atoms. The first-order valence-electron chi connectivity index (χ1n) is 13.6. The lowest BCUT2D eigenvalue weighted by atomic mass is 9.86. The Bertz CT molecular complexity index is 1220. The second-order valence-corrected chi connectivity index (χ2v) is 11.1. The minimum absolute atomic E-state index is 0.216. The van der Waals surface area contributed by atoms with Crippen molar-refractivity contribution >= 4 is 23.4 Å². The molecule has 3 amide bonds. The van der Waals surface area contributed by atoms with Crippen LogP contribution in [0.15, 0.2) is 36.7 Å². The Balaban J connectivity index is 1.04. The molecule has 3 fully saturated rings. The molecule has 1 unspecified atom stereocenters. The van der Waals surface area contributed by atoms with Gasteiger partial charge in [-0.1, -0.05) is 0 Å². The van der Waals surface area contributed by atoms with Crippen molar-refractivity contribution in [1.29, 1.82) is 0 Å². The number of aromatic nitrogens is 2. The van der Waals surface area contributed by atoms with E-state index in [1.54, 1.807) is 12.1 Å². The summed E-state index contributed by atoms with van der Waals surface area (Å²) >= 11 is 0. The van der Waals surface area contributed by atoms with Crippen LogP contribution in [-0.2, 0) is 21.7 Å². The van der Waals surface area contributed by atoms with Crippen molar-refractivity contribution in [2.45, 2.75) is 56.7 Å². The maximum absolute atomic E-state index is 13.0. The first-order chi connectivity index (χ1) is 18.4. The van der Waals surface area contributed by atoms with Gasteiger partial charge in [0, 0.05) is 45.3 Å². The van der Waals surface area contributed by atoms with Crippen molar-refractivity contribution in [2.75, 3.05) is 37.6 Å². The van der Waals surface area contributed by atoms with Crippen molar-refractivity contribution in [1.82, 2.24) is 25.1 Å². The summed E-state index contributed by atoms with van der Waals surface area (Å²) in [5.74, 6) is -0.336. The number of fused-ring (bicyclic) bond motifs is 1. The SMILES string of the molecule is O=C1CCC(N2Cc3nc(C4(O)CCN(CC5CCN(c6cccnc6)CC5)CC4)ccc3C2=O)C(=O)N1.